The molecule has 2 aromatic heterocycles. The van der Waals surface area contributed by atoms with Crippen molar-refractivity contribution in [3.05, 3.63) is 41.7 Å². The summed E-state index contributed by atoms with van der Waals surface area (Å²) < 4.78 is 49.4. The molecule has 3 aromatic rings. The van der Waals surface area contributed by atoms with Gasteiger partial charge in [-0.05, 0) is 31.5 Å². The number of carboxylic acid groups (broad SMARTS) is 1. The third-order valence-corrected chi connectivity index (χ3v) is 6.93. The number of aromatic nitrogens is 3. The molecular formula is C24H26F3N5O4S. The molecule has 198 valence electrons. The minimum absolute atomic E-state index is 0.0701. The lowest BCUT2D eigenvalue weighted by atomic mass is 10.0. The van der Waals surface area contributed by atoms with E-state index in [9.17, 15) is 27.9 Å². The van der Waals surface area contributed by atoms with E-state index in [4.69, 9.17) is 4.74 Å². The summed E-state index contributed by atoms with van der Waals surface area (Å²) in [6, 6.07) is 4.92. The Bertz CT molecular complexity index is 1240. The van der Waals surface area contributed by atoms with E-state index in [2.05, 4.69) is 10.1 Å². The van der Waals surface area contributed by atoms with Crippen molar-refractivity contribution < 1.29 is 32.6 Å². The predicted octanol–water partition coefficient (Wildman–Crippen LogP) is 4.07. The molecule has 0 unspecified atom stereocenters. The molecule has 1 N–H and O–H groups in total. The van der Waals surface area contributed by atoms with Gasteiger partial charge in [-0.15, -0.1) is 16.4 Å². The number of hydrogen-bond acceptors (Lipinski definition) is 7. The highest BCUT2D eigenvalue weighted by molar-refractivity contribution is 7.12. The van der Waals surface area contributed by atoms with E-state index < -0.39 is 36.7 Å². The number of carbonyl (C=O) groups is 2. The molecule has 13 heteroatoms. The number of rotatable bonds is 11. The third kappa shape index (κ3) is 6.10. The average Bonchev–Trinajstić information content (AvgIpc) is 3.52. The SMILES string of the molecule is COc1cccc(F)c1-c1cc(N(C=O)[C@@H](CCN2CCCC(F)(F)C2)CC(=O)O)nn1-c1nccs1. The molecule has 4 rings (SSSR count). The number of halogens is 3. The Morgan fingerprint density at radius 1 is 1.41 bits per heavy atom. The van der Waals surface area contributed by atoms with Crippen molar-refractivity contribution in [2.75, 3.05) is 31.6 Å². The molecule has 0 bridgehead atoms. The smallest absolute Gasteiger partial charge is 0.305 e. The summed E-state index contributed by atoms with van der Waals surface area (Å²) in [6.45, 7) is 0.231. The quantitative estimate of drug-likeness (QED) is 0.368. The Balaban J connectivity index is 1.70. The summed E-state index contributed by atoms with van der Waals surface area (Å²) in [5.41, 5.74) is 0.339. The normalized spacial score (nSPS) is 16.3. The molecular weight excluding hydrogens is 511 g/mol. The molecule has 1 aromatic carbocycles. The fourth-order valence-electron chi connectivity index (χ4n) is 4.50. The van der Waals surface area contributed by atoms with Gasteiger partial charge in [0, 0.05) is 36.7 Å². The molecule has 37 heavy (non-hydrogen) atoms. The predicted molar refractivity (Wildman–Crippen MR) is 131 cm³/mol. The second kappa shape index (κ2) is 11.3. The lowest BCUT2D eigenvalue weighted by Gasteiger charge is -2.34. The molecule has 1 aliphatic heterocycles. The first-order valence-electron chi connectivity index (χ1n) is 11.6. The van der Waals surface area contributed by atoms with Crippen LogP contribution in [0.15, 0.2) is 35.8 Å². The van der Waals surface area contributed by atoms with Gasteiger partial charge in [-0.1, -0.05) is 6.07 Å². The van der Waals surface area contributed by atoms with E-state index in [1.165, 1.54) is 41.3 Å². The number of carboxylic acids is 1. The fourth-order valence-corrected chi connectivity index (χ4v) is 5.10. The Labute approximate surface area is 215 Å². The number of ether oxygens (including phenoxy) is 1. The van der Waals surface area contributed by atoms with E-state index in [-0.39, 0.29) is 42.2 Å². The number of nitrogens with zero attached hydrogens (tertiary/aromatic N) is 5. The highest BCUT2D eigenvalue weighted by atomic mass is 32.1. The number of amides is 1. The van der Waals surface area contributed by atoms with Crippen LogP contribution in [0.3, 0.4) is 0 Å². The van der Waals surface area contributed by atoms with Crippen LogP contribution in [-0.4, -0.2) is 75.9 Å². The zero-order chi connectivity index (χ0) is 26.6. The van der Waals surface area contributed by atoms with Crippen LogP contribution in [0.25, 0.3) is 16.4 Å². The van der Waals surface area contributed by atoms with Gasteiger partial charge in [0.05, 0.1) is 31.3 Å². The van der Waals surface area contributed by atoms with Crippen LogP contribution in [-0.2, 0) is 9.59 Å². The van der Waals surface area contributed by atoms with Gasteiger partial charge < -0.3 is 9.84 Å². The minimum Gasteiger partial charge on any atom is -0.496 e. The van der Waals surface area contributed by atoms with Gasteiger partial charge in [0.25, 0.3) is 5.92 Å². The number of alkyl halides is 2. The Morgan fingerprint density at radius 3 is 2.86 bits per heavy atom. The standard InChI is InChI=1S/C24H26F3N5O4S/c1-36-19-5-2-4-17(25)22(19)18-13-20(29-32(18)23-28-8-11-37-23)31(15-33)16(12-21(34)35)6-10-30-9-3-7-24(26,27)14-30/h2,4-5,8,11,13,15-16H,3,6-7,9-10,12,14H2,1H3,(H,34,35)/t16-/m0/s1. The van der Waals surface area contributed by atoms with Crippen LogP contribution >= 0.6 is 11.3 Å². The van der Waals surface area contributed by atoms with E-state index in [0.29, 0.717) is 24.5 Å². The van der Waals surface area contributed by atoms with Gasteiger partial charge in [0.1, 0.15) is 11.6 Å². The van der Waals surface area contributed by atoms with Crippen molar-refractivity contribution in [2.45, 2.75) is 37.6 Å². The topological polar surface area (TPSA) is 101 Å². The molecule has 1 aliphatic rings. The second-order valence-electron chi connectivity index (χ2n) is 8.72. The number of aliphatic carboxylic acids is 1. The van der Waals surface area contributed by atoms with Crippen LogP contribution in [0.5, 0.6) is 5.75 Å². The molecule has 0 aliphatic carbocycles. The fraction of sp³-hybridized carbons (Fsp3) is 0.417. The molecule has 3 heterocycles. The van der Waals surface area contributed by atoms with Crippen LogP contribution < -0.4 is 9.64 Å². The van der Waals surface area contributed by atoms with E-state index in [1.54, 1.807) is 22.5 Å². The summed E-state index contributed by atoms with van der Waals surface area (Å²) in [7, 11) is 1.40. The Hall–Kier alpha value is -3.45. The summed E-state index contributed by atoms with van der Waals surface area (Å²) in [5, 5.41) is 16.1. The highest BCUT2D eigenvalue weighted by Gasteiger charge is 2.35. The number of anilines is 1. The number of likely N-dealkylation sites (tertiary alicyclic amines) is 1. The second-order valence-corrected chi connectivity index (χ2v) is 9.59. The van der Waals surface area contributed by atoms with Crippen molar-refractivity contribution in [3.63, 3.8) is 0 Å². The largest absolute Gasteiger partial charge is 0.496 e. The lowest BCUT2D eigenvalue weighted by molar-refractivity contribution is -0.137. The lowest BCUT2D eigenvalue weighted by Crippen LogP contribution is -2.45. The summed E-state index contributed by atoms with van der Waals surface area (Å²) in [4.78, 5) is 30.9. The van der Waals surface area contributed by atoms with Crippen molar-refractivity contribution in [3.8, 4) is 22.1 Å². The van der Waals surface area contributed by atoms with Crippen molar-refractivity contribution in [2.24, 2.45) is 0 Å². The maximum atomic E-state index is 15.0. The molecule has 0 spiro atoms. The van der Waals surface area contributed by atoms with E-state index >= 15 is 0 Å². The minimum atomic E-state index is -2.80. The first-order chi connectivity index (χ1) is 17.7. The number of benzene rings is 1. The molecule has 1 fully saturated rings. The van der Waals surface area contributed by atoms with Gasteiger partial charge in [-0.2, -0.15) is 0 Å². The van der Waals surface area contributed by atoms with E-state index in [1.807, 2.05) is 0 Å². The molecule has 1 amide bonds. The number of hydrogen-bond donors (Lipinski definition) is 1. The highest BCUT2D eigenvalue weighted by Crippen LogP contribution is 2.37. The van der Waals surface area contributed by atoms with Crippen molar-refractivity contribution in [1.29, 1.82) is 0 Å². The zero-order valence-electron chi connectivity index (χ0n) is 20.0. The van der Waals surface area contributed by atoms with Crippen LogP contribution in [0.2, 0.25) is 0 Å². The maximum absolute atomic E-state index is 15.0. The number of thiazole rings is 1. The maximum Gasteiger partial charge on any atom is 0.305 e. The first-order valence-corrected chi connectivity index (χ1v) is 12.5. The Morgan fingerprint density at radius 2 is 2.22 bits per heavy atom. The van der Waals surface area contributed by atoms with Gasteiger partial charge in [0.2, 0.25) is 11.5 Å². The van der Waals surface area contributed by atoms with Gasteiger partial charge in [0.15, 0.2) is 5.82 Å². The summed E-state index contributed by atoms with van der Waals surface area (Å²) in [6.07, 6.45) is 1.85. The molecule has 1 atom stereocenters. The zero-order valence-corrected chi connectivity index (χ0v) is 20.8. The molecule has 1 saturated heterocycles. The monoisotopic (exact) mass is 537 g/mol. The number of piperidine rings is 1. The summed E-state index contributed by atoms with van der Waals surface area (Å²) >= 11 is 1.23. The molecule has 9 nitrogen and oxygen atoms in total. The average molecular weight is 538 g/mol. The Kier molecular flexibility index (Phi) is 8.13. The van der Waals surface area contributed by atoms with Gasteiger partial charge in [-0.25, -0.2) is 22.8 Å². The van der Waals surface area contributed by atoms with Gasteiger partial charge in [-0.3, -0.25) is 19.4 Å². The van der Waals surface area contributed by atoms with E-state index in [0.717, 1.165) is 4.90 Å². The van der Waals surface area contributed by atoms with Crippen LogP contribution in [0.4, 0.5) is 19.0 Å². The van der Waals surface area contributed by atoms with Crippen molar-refractivity contribution >= 4 is 29.5 Å². The first kappa shape index (κ1) is 26.6. The van der Waals surface area contributed by atoms with Crippen LogP contribution in [0.1, 0.15) is 25.7 Å². The number of carbonyl (C=O) groups excluding carboxylic acids is 1. The molecule has 0 saturated carbocycles. The molecule has 0 radical (unpaired) electrons. The van der Waals surface area contributed by atoms with Gasteiger partial charge >= 0.3 is 5.97 Å². The number of methoxy groups -OCH3 is 1. The van der Waals surface area contributed by atoms with Crippen molar-refractivity contribution in [1.82, 2.24) is 19.7 Å². The third-order valence-electron chi connectivity index (χ3n) is 6.18. The van der Waals surface area contributed by atoms with Crippen LogP contribution in [0, 0.1) is 5.82 Å². The summed E-state index contributed by atoms with van der Waals surface area (Å²) in [5.74, 6) is -4.24.